The third-order valence-corrected chi connectivity index (χ3v) is 6.83. The Hall–Kier alpha value is -2.72. The first-order chi connectivity index (χ1) is 14.0. The maximum atomic E-state index is 14.3. The molecule has 0 radical (unpaired) electrons. The van der Waals surface area contributed by atoms with Crippen molar-refractivity contribution in [1.82, 2.24) is 15.2 Å². The Balaban J connectivity index is 1.71. The van der Waals surface area contributed by atoms with Gasteiger partial charge in [0.25, 0.3) is 0 Å². The number of rotatable bonds is 2. The molecule has 2 heterocycles. The molecule has 0 atom stereocenters. The van der Waals surface area contributed by atoms with Crippen LogP contribution in [-0.2, 0) is 5.41 Å². The Kier molecular flexibility index (Phi) is 4.21. The molecule has 0 amide bonds. The fourth-order valence-corrected chi connectivity index (χ4v) is 5.40. The summed E-state index contributed by atoms with van der Waals surface area (Å²) in [5.74, 6) is -1.02. The van der Waals surface area contributed by atoms with Crippen molar-refractivity contribution in [3.63, 3.8) is 0 Å². The number of benzene rings is 1. The lowest BCUT2D eigenvalue weighted by Gasteiger charge is -2.46. The summed E-state index contributed by atoms with van der Waals surface area (Å²) in [7, 11) is 0. The standard InChI is InChI=1S/C22H15BrF2N4/c23-15-5-4-13(11-26)27-21(15)22-8-6-12(7-9-22)14-10-18(28-29-20(14)22)19-16(24)2-1-3-17(19)25/h1-5,10,12H,6-9H2. The smallest absolute Gasteiger partial charge is 0.140 e. The molecular formula is C22H15BrF2N4. The average Bonchev–Trinajstić information content (AvgIpc) is 2.74. The first-order valence-electron chi connectivity index (χ1n) is 9.43. The highest BCUT2D eigenvalue weighted by atomic mass is 79.9. The highest BCUT2D eigenvalue weighted by Crippen LogP contribution is 2.56. The summed E-state index contributed by atoms with van der Waals surface area (Å²) in [5.41, 5.74) is 2.54. The van der Waals surface area contributed by atoms with Gasteiger partial charge in [-0.05, 0) is 83.4 Å². The molecule has 29 heavy (non-hydrogen) atoms. The second-order valence-electron chi connectivity index (χ2n) is 7.63. The van der Waals surface area contributed by atoms with E-state index < -0.39 is 17.0 Å². The summed E-state index contributed by atoms with van der Waals surface area (Å²) in [6.45, 7) is 0. The van der Waals surface area contributed by atoms with Crippen LogP contribution in [0.1, 0.15) is 54.2 Å². The number of nitriles is 1. The van der Waals surface area contributed by atoms with E-state index in [1.165, 1.54) is 18.2 Å². The summed E-state index contributed by atoms with van der Waals surface area (Å²) in [5, 5.41) is 18.0. The fourth-order valence-electron chi connectivity index (χ4n) is 4.80. The molecule has 0 aliphatic heterocycles. The second-order valence-corrected chi connectivity index (χ2v) is 8.48. The van der Waals surface area contributed by atoms with Crippen LogP contribution in [0.2, 0.25) is 0 Å². The molecule has 1 fully saturated rings. The molecule has 144 valence electrons. The molecule has 0 spiro atoms. The zero-order valence-corrected chi connectivity index (χ0v) is 16.9. The topological polar surface area (TPSA) is 62.5 Å². The van der Waals surface area contributed by atoms with Crippen molar-refractivity contribution in [2.24, 2.45) is 0 Å². The van der Waals surface area contributed by atoms with Gasteiger partial charge in [-0.3, -0.25) is 0 Å². The Morgan fingerprint density at radius 3 is 2.45 bits per heavy atom. The molecule has 1 aromatic carbocycles. The summed E-state index contributed by atoms with van der Waals surface area (Å²) in [4.78, 5) is 4.59. The quantitative estimate of drug-likeness (QED) is 0.521. The van der Waals surface area contributed by atoms with Crippen LogP contribution in [0.3, 0.4) is 0 Å². The monoisotopic (exact) mass is 452 g/mol. The third kappa shape index (κ3) is 2.70. The van der Waals surface area contributed by atoms with Gasteiger partial charge in [-0.2, -0.15) is 10.4 Å². The number of fused-ring (bicyclic) bond motifs is 2. The van der Waals surface area contributed by atoms with Crippen LogP contribution in [0, 0.1) is 23.0 Å². The number of aromatic nitrogens is 3. The van der Waals surface area contributed by atoms with Gasteiger partial charge in [0.2, 0.25) is 0 Å². The SMILES string of the molecule is N#Cc1ccc(Br)c(C23CCC(CC2)c2cc(-c4c(F)cccc4F)nnc23)n1. The van der Waals surface area contributed by atoms with E-state index >= 15 is 0 Å². The highest BCUT2D eigenvalue weighted by Gasteiger charge is 2.49. The van der Waals surface area contributed by atoms with Crippen molar-refractivity contribution < 1.29 is 8.78 Å². The van der Waals surface area contributed by atoms with Gasteiger partial charge in [0.05, 0.1) is 28.1 Å². The minimum absolute atomic E-state index is 0.149. The van der Waals surface area contributed by atoms with Gasteiger partial charge in [-0.25, -0.2) is 13.8 Å². The van der Waals surface area contributed by atoms with E-state index in [0.717, 1.165) is 47.1 Å². The van der Waals surface area contributed by atoms with E-state index in [9.17, 15) is 14.0 Å². The molecular weight excluding hydrogens is 438 g/mol. The van der Waals surface area contributed by atoms with Gasteiger partial charge in [0, 0.05) is 4.47 Å². The van der Waals surface area contributed by atoms with E-state index in [1.54, 1.807) is 12.1 Å². The van der Waals surface area contributed by atoms with Crippen molar-refractivity contribution in [2.75, 3.05) is 0 Å². The van der Waals surface area contributed by atoms with Crippen molar-refractivity contribution in [3.05, 3.63) is 75.2 Å². The number of pyridine rings is 1. The first kappa shape index (κ1) is 18.3. The molecule has 0 N–H and O–H groups in total. The number of nitrogens with zero attached hydrogens (tertiary/aromatic N) is 4. The molecule has 6 rings (SSSR count). The van der Waals surface area contributed by atoms with Crippen LogP contribution in [-0.4, -0.2) is 15.2 Å². The largest absolute Gasteiger partial charge is 0.240 e. The number of halogens is 3. The highest BCUT2D eigenvalue weighted by molar-refractivity contribution is 9.10. The predicted octanol–water partition coefficient (Wildman–Crippen LogP) is 5.41. The Morgan fingerprint density at radius 1 is 1.03 bits per heavy atom. The number of hydrogen-bond acceptors (Lipinski definition) is 4. The maximum absolute atomic E-state index is 14.3. The zero-order chi connectivity index (χ0) is 20.2. The lowest BCUT2D eigenvalue weighted by Crippen LogP contribution is -2.41. The molecule has 2 bridgehead atoms. The Bertz CT molecular complexity index is 1160. The van der Waals surface area contributed by atoms with Crippen LogP contribution in [0.5, 0.6) is 0 Å². The fraction of sp³-hybridized carbons (Fsp3) is 0.273. The summed E-state index contributed by atoms with van der Waals surface area (Å²) in [6, 6.07) is 11.2. The molecule has 0 unspecified atom stereocenters. The predicted molar refractivity (Wildman–Crippen MR) is 106 cm³/mol. The van der Waals surface area contributed by atoms with Gasteiger partial charge in [0.1, 0.15) is 23.4 Å². The van der Waals surface area contributed by atoms with Crippen molar-refractivity contribution in [3.8, 4) is 17.3 Å². The molecule has 3 aliphatic rings. The zero-order valence-electron chi connectivity index (χ0n) is 15.3. The summed E-state index contributed by atoms with van der Waals surface area (Å²) < 4.78 is 29.4. The molecule has 4 nitrogen and oxygen atoms in total. The van der Waals surface area contributed by atoms with E-state index in [1.807, 2.05) is 6.07 Å². The van der Waals surface area contributed by atoms with Gasteiger partial charge < -0.3 is 0 Å². The molecule has 0 saturated heterocycles. The Morgan fingerprint density at radius 2 is 1.76 bits per heavy atom. The first-order valence-corrected chi connectivity index (χ1v) is 10.2. The second kappa shape index (κ2) is 6.67. The van der Waals surface area contributed by atoms with Crippen molar-refractivity contribution in [2.45, 2.75) is 37.0 Å². The van der Waals surface area contributed by atoms with E-state index in [-0.39, 0.29) is 17.2 Å². The van der Waals surface area contributed by atoms with Crippen LogP contribution in [0.4, 0.5) is 8.78 Å². The third-order valence-electron chi connectivity index (χ3n) is 6.19. The van der Waals surface area contributed by atoms with Gasteiger partial charge >= 0.3 is 0 Å². The van der Waals surface area contributed by atoms with Crippen LogP contribution in [0.25, 0.3) is 11.3 Å². The van der Waals surface area contributed by atoms with E-state index in [0.29, 0.717) is 5.69 Å². The maximum Gasteiger partial charge on any atom is 0.140 e. The normalized spacial score (nSPS) is 22.2. The van der Waals surface area contributed by atoms with Crippen molar-refractivity contribution in [1.29, 1.82) is 5.26 Å². The molecule has 7 heteroatoms. The minimum atomic E-state index is -0.652. The summed E-state index contributed by atoms with van der Waals surface area (Å²) >= 11 is 3.59. The van der Waals surface area contributed by atoms with Crippen LogP contribution >= 0.6 is 15.9 Å². The molecule has 2 aromatic heterocycles. The lowest BCUT2D eigenvalue weighted by molar-refractivity contribution is 0.262. The van der Waals surface area contributed by atoms with Crippen molar-refractivity contribution >= 4 is 15.9 Å². The van der Waals surface area contributed by atoms with Gasteiger partial charge in [0.15, 0.2) is 0 Å². The van der Waals surface area contributed by atoms with E-state index in [4.69, 9.17) is 0 Å². The van der Waals surface area contributed by atoms with E-state index in [2.05, 4.69) is 37.2 Å². The van der Waals surface area contributed by atoms with Crippen LogP contribution in [0.15, 0.2) is 40.9 Å². The average molecular weight is 453 g/mol. The Labute approximate surface area is 174 Å². The molecule has 3 aromatic rings. The number of hydrogen-bond donors (Lipinski definition) is 0. The molecule has 1 saturated carbocycles. The lowest BCUT2D eigenvalue weighted by atomic mass is 9.58. The summed E-state index contributed by atoms with van der Waals surface area (Å²) in [6.07, 6.45) is 3.58. The minimum Gasteiger partial charge on any atom is -0.240 e. The molecule has 3 aliphatic carbocycles. The van der Waals surface area contributed by atoms with Gasteiger partial charge in [-0.15, -0.1) is 5.10 Å². The van der Waals surface area contributed by atoms with Crippen LogP contribution < -0.4 is 0 Å². The van der Waals surface area contributed by atoms with Gasteiger partial charge in [-0.1, -0.05) is 6.07 Å².